The van der Waals surface area contributed by atoms with Gasteiger partial charge in [-0.25, -0.2) is 4.79 Å². The number of thiophene rings is 1. The van der Waals surface area contributed by atoms with Gasteiger partial charge in [-0.2, -0.15) is 0 Å². The Kier molecular flexibility index (Phi) is 8.33. The van der Waals surface area contributed by atoms with Gasteiger partial charge in [-0.1, -0.05) is 37.3 Å². The lowest BCUT2D eigenvalue weighted by molar-refractivity contribution is -0.133. The molecule has 0 aliphatic rings. The largest absolute Gasteiger partial charge is 0.338 e. The number of rotatable bonds is 9. The van der Waals surface area contributed by atoms with Gasteiger partial charge in [0.2, 0.25) is 5.91 Å². The summed E-state index contributed by atoms with van der Waals surface area (Å²) in [5, 5.41) is 2.80. The summed E-state index contributed by atoms with van der Waals surface area (Å²) < 4.78 is 0. The van der Waals surface area contributed by atoms with Crippen LogP contribution in [-0.2, 0) is 17.9 Å². The predicted molar refractivity (Wildman–Crippen MR) is 111 cm³/mol. The smallest absolute Gasteiger partial charge is 0.317 e. The molecular weight excluding hydrogens is 358 g/mol. The molecule has 1 aromatic carbocycles. The zero-order chi connectivity index (χ0) is 19.6. The zero-order valence-electron chi connectivity index (χ0n) is 16.4. The van der Waals surface area contributed by atoms with E-state index in [0.29, 0.717) is 26.2 Å². The highest BCUT2D eigenvalue weighted by Gasteiger charge is 2.21. The first-order chi connectivity index (χ1) is 13.0. The third-order valence-corrected chi connectivity index (χ3v) is 5.13. The molecule has 2 rings (SSSR count). The van der Waals surface area contributed by atoms with Crippen LogP contribution in [0.15, 0.2) is 42.5 Å². The number of nitrogens with one attached hydrogen (secondary N) is 1. The summed E-state index contributed by atoms with van der Waals surface area (Å²) in [7, 11) is 0. The van der Waals surface area contributed by atoms with Gasteiger partial charge in [0.1, 0.15) is 6.54 Å². The van der Waals surface area contributed by atoms with Crippen molar-refractivity contribution in [2.75, 3.05) is 19.6 Å². The van der Waals surface area contributed by atoms with Gasteiger partial charge in [-0.05, 0) is 38.0 Å². The molecule has 1 N–H and O–H groups in total. The molecular formula is C21H29N3O2S. The molecule has 6 heteroatoms. The van der Waals surface area contributed by atoms with Gasteiger partial charge >= 0.3 is 6.03 Å². The summed E-state index contributed by atoms with van der Waals surface area (Å²) in [5.41, 5.74) is 1.08. The van der Waals surface area contributed by atoms with E-state index in [4.69, 9.17) is 0 Å². The van der Waals surface area contributed by atoms with Crippen LogP contribution >= 0.6 is 11.3 Å². The lowest BCUT2D eigenvalue weighted by Gasteiger charge is -2.27. The molecule has 5 nitrogen and oxygen atoms in total. The molecule has 0 bridgehead atoms. The van der Waals surface area contributed by atoms with E-state index >= 15 is 0 Å². The van der Waals surface area contributed by atoms with Crippen LogP contribution in [0.1, 0.15) is 35.6 Å². The molecule has 0 atom stereocenters. The van der Waals surface area contributed by atoms with E-state index in [1.165, 1.54) is 4.88 Å². The van der Waals surface area contributed by atoms with Crippen molar-refractivity contribution in [2.45, 2.75) is 40.3 Å². The molecule has 146 valence electrons. The van der Waals surface area contributed by atoms with Crippen LogP contribution in [-0.4, -0.2) is 41.4 Å². The molecule has 0 spiro atoms. The Morgan fingerprint density at radius 1 is 1.00 bits per heavy atom. The molecule has 1 heterocycles. The van der Waals surface area contributed by atoms with Crippen molar-refractivity contribution in [3.63, 3.8) is 0 Å². The van der Waals surface area contributed by atoms with Crippen LogP contribution in [0.5, 0.6) is 0 Å². The minimum absolute atomic E-state index is 0.0374. The number of hydrogen-bond acceptors (Lipinski definition) is 3. The molecule has 0 radical (unpaired) electrons. The lowest BCUT2D eigenvalue weighted by Crippen LogP contribution is -2.46. The Hall–Kier alpha value is -2.34. The Labute approximate surface area is 166 Å². The second-order valence-electron chi connectivity index (χ2n) is 6.50. The van der Waals surface area contributed by atoms with Crippen molar-refractivity contribution < 1.29 is 9.59 Å². The monoisotopic (exact) mass is 387 g/mol. The van der Waals surface area contributed by atoms with E-state index in [2.05, 4.69) is 24.4 Å². The number of amides is 3. The van der Waals surface area contributed by atoms with E-state index in [9.17, 15) is 9.59 Å². The number of nitrogens with zero attached hydrogens (tertiary/aromatic N) is 2. The van der Waals surface area contributed by atoms with Gasteiger partial charge in [0.05, 0.1) is 6.54 Å². The average Bonchev–Trinajstić information content (AvgIpc) is 3.06. The average molecular weight is 388 g/mol. The normalized spacial score (nSPS) is 10.5. The first-order valence-electron chi connectivity index (χ1n) is 9.43. The number of urea groups is 1. The molecule has 0 aliphatic carbocycles. The summed E-state index contributed by atoms with van der Waals surface area (Å²) in [6, 6.07) is 13.9. The third kappa shape index (κ3) is 6.71. The summed E-state index contributed by atoms with van der Waals surface area (Å²) >= 11 is 1.70. The maximum atomic E-state index is 13.1. The van der Waals surface area contributed by atoms with Crippen LogP contribution < -0.4 is 5.32 Å². The summed E-state index contributed by atoms with van der Waals surface area (Å²) in [6.07, 6.45) is 0.813. The zero-order valence-corrected chi connectivity index (χ0v) is 17.2. The number of carbonyl (C=O) groups is 2. The molecule has 2 aromatic rings. The fourth-order valence-corrected chi connectivity index (χ4v) is 3.75. The molecule has 0 unspecified atom stereocenters. The number of hydrogen-bond donors (Lipinski definition) is 1. The highest BCUT2D eigenvalue weighted by atomic mass is 32.1. The van der Waals surface area contributed by atoms with Crippen LogP contribution in [0.4, 0.5) is 4.79 Å². The first-order valence-corrected chi connectivity index (χ1v) is 10.2. The van der Waals surface area contributed by atoms with Gasteiger partial charge in [0.25, 0.3) is 0 Å². The molecule has 0 fully saturated rings. The maximum absolute atomic E-state index is 13.1. The van der Waals surface area contributed by atoms with E-state index in [1.807, 2.05) is 49.1 Å². The lowest BCUT2D eigenvalue weighted by atomic mass is 10.2. The van der Waals surface area contributed by atoms with Gasteiger partial charge in [0, 0.05) is 29.4 Å². The fourth-order valence-electron chi connectivity index (χ4n) is 2.84. The molecule has 0 saturated carbocycles. The van der Waals surface area contributed by atoms with Crippen LogP contribution in [0.3, 0.4) is 0 Å². The van der Waals surface area contributed by atoms with E-state index in [0.717, 1.165) is 16.9 Å². The molecule has 27 heavy (non-hydrogen) atoms. The number of benzene rings is 1. The SMILES string of the molecule is CCCN(CC(=O)N(Cc1ccccc1)Cc1ccc(C)s1)C(=O)NCC. The van der Waals surface area contributed by atoms with Crippen molar-refractivity contribution in [3.05, 3.63) is 57.8 Å². The molecule has 0 saturated heterocycles. The van der Waals surface area contributed by atoms with E-state index in [-0.39, 0.29) is 18.5 Å². The minimum Gasteiger partial charge on any atom is -0.338 e. The van der Waals surface area contributed by atoms with E-state index in [1.54, 1.807) is 16.2 Å². The summed E-state index contributed by atoms with van der Waals surface area (Å²) in [4.78, 5) is 31.1. The summed E-state index contributed by atoms with van der Waals surface area (Å²) in [6.45, 7) is 8.25. The molecule has 0 aliphatic heterocycles. The van der Waals surface area contributed by atoms with E-state index < -0.39 is 0 Å². The van der Waals surface area contributed by atoms with Crippen molar-refractivity contribution >= 4 is 23.3 Å². The van der Waals surface area contributed by atoms with Crippen molar-refractivity contribution in [1.82, 2.24) is 15.1 Å². The second-order valence-corrected chi connectivity index (χ2v) is 7.88. The van der Waals surface area contributed by atoms with Crippen molar-refractivity contribution in [2.24, 2.45) is 0 Å². The Bertz CT molecular complexity index is 730. The topological polar surface area (TPSA) is 52.7 Å². The van der Waals surface area contributed by atoms with Crippen LogP contribution in [0, 0.1) is 6.92 Å². The van der Waals surface area contributed by atoms with Crippen LogP contribution in [0.25, 0.3) is 0 Å². The highest BCUT2D eigenvalue weighted by Crippen LogP contribution is 2.19. The standard InChI is InChI=1S/C21H29N3O2S/c1-4-13-23(21(26)22-5-2)16-20(25)24(14-18-9-7-6-8-10-18)15-19-12-11-17(3)27-19/h6-12H,4-5,13-16H2,1-3H3,(H,22,26). The predicted octanol–water partition coefficient (Wildman–Crippen LogP) is 4.03. The van der Waals surface area contributed by atoms with Crippen LogP contribution in [0.2, 0.25) is 0 Å². The second kappa shape index (κ2) is 10.7. The van der Waals surface area contributed by atoms with Gasteiger partial charge < -0.3 is 15.1 Å². The fraction of sp³-hybridized carbons (Fsp3) is 0.429. The minimum atomic E-state index is -0.181. The van der Waals surface area contributed by atoms with Crippen molar-refractivity contribution in [1.29, 1.82) is 0 Å². The molecule has 1 aromatic heterocycles. The number of carbonyl (C=O) groups excluding carboxylic acids is 2. The van der Waals surface area contributed by atoms with Gasteiger partial charge in [-0.15, -0.1) is 11.3 Å². The Morgan fingerprint density at radius 3 is 2.33 bits per heavy atom. The van der Waals surface area contributed by atoms with Gasteiger partial charge in [0.15, 0.2) is 0 Å². The maximum Gasteiger partial charge on any atom is 0.317 e. The quantitative estimate of drug-likeness (QED) is 0.706. The Balaban J connectivity index is 2.14. The molecule has 3 amide bonds. The first kappa shape index (κ1) is 21.0. The third-order valence-electron chi connectivity index (χ3n) is 4.15. The van der Waals surface area contributed by atoms with Gasteiger partial charge in [-0.3, -0.25) is 4.79 Å². The Morgan fingerprint density at radius 2 is 1.74 bits per heavy atom. The number of aryl methyl sites for hydroxylation is 1. The summed E-state index contributed by atoms with van der Waals surface area (Å²) in [5.74, 6) is -0.0374. The van der Waals surface area contributed by atoms with Crippen molar-refractivity contribution in [3.8, 4) is 0 Å². The highest BCUT2D eigenvalue weighted by molar-refractivity contribution is 7.11.